The lowest BCUT2D eigenvalue weighted by molar-refractivity contribution is 0.584. The van der Waals surface area contributed by atoms with Gasteiger partial charge >= 0.3 is 0 Å². The second-order valence-electron chi connectivity index (χ2n) is 18.4. The summed E-state index contributed by atoms with van der Waals surface area (Å²) in [6.07, 6.45) is 0. The third-order valence-electron chi connectivity index (χ3n) is 15.3. The van der Waals surface area contributed by atoms with Crippen molar-refractivity contribution in [3.05, 3.63) is 275 Å². The zero-order valence-corrected chi connectivity index (χ0v) is 36.2. The van der Waals surface area contributed by atoms with Crippen molar-refractivity contribution >= 4 is 0 Å². The van der Waals surface area contributed by atoms with E-state index in [1.807, 2.05) is 0 Å². The first kappa shape index (κ1) is 36.7. The first-order valence-corrected chi connectivity index (χ1v) is 23.1. The molecule has 0 N–H and O–H groups in total. The highest BCUT2D eigenvalue weighted by Gasteiger charge is 2.53. The van der Waals surface area contributed by atoms with Crippen LogP contribution in [0.4, 0.5) is 0 Å². The quantitative estimate of drug-likeness (QED) is 0.177. The summed E-state index contributed by atoms with van der Waals surface area (Å²) in [6, 6.07) is 84.7. The Hall–Kier alpha value is -8.66. The second kappa shape index (κ2) is 13.4. The first-order chi connectivity index (χ1) is 33.2. The van der Waals surface area contributed by atoms with Crippen LogP contribution in [0.25, 0.3) is 89.7 Å². The summed E-state index contributed by atoms with van der Waals surface area (Å²) < 4.78 is 6.56. The van der Waals surface area contributed by atoms with E-state index in [1.165, 1.54) is 89.0 Å². The summed E-state index contributed by atoms with van der Waals surface area (Å²) in [6.45, 7) is 0. The zero-order valence-electron chi connectivity index (χ0n) is 36.2. The molecule has 4 aliphatic rings. The van der Waals surface area contributed by atoms with Crippen LogP contribution in [-0.4, -0.2) is 10.2 Å². The summed E-state index contributed by atoms with van der Waals surface area (Å²) in [5.41, 5.74) is 26.5. The van der Waals surface area contributed by atoms with Crippen molar-refractivity contribution in [2.45, 2.75) is 10.8 Å². The highest BCUT2D eigenvalue weighted by atomic mass is 16.4. The Morgan fingerprint density at radius 2 is 0.493 bits per heavy atom. The Bertz CT molecular complexity index is 3530. The molecule has 3 nitrogen and oxygen atoms in total. The standard InChI is InChI=1S/C64H38N2O/c1-7-25-53-45(19-1)46-20-2-8-26-54(46)63(53)57-29-11-5-23-49(57)51-33-31-41(37-59(51)63)39-15-13-17-43(35-39)61-65-66-62(67-61)44-18-14-16-40(36-44)42-32-34-52-50-24-6-12-30-58(50)64(60(52)38-42)55-27-9-3-21-47(55)48-22-4-10-28-56(48)64/h1-38H. The fraction of sp³-hybridized carbons (Fsp3) is 0.0312. The molecule has 0 amide bonds. The van der Waals surface area contributed by atoms with Gasteiger partial charge in [0.1, 0.15) is 0 Å². The monoisotopic (exact) mass is 850 g/mol. The summed E-state index contributed by atoms with van der Waals surface area (Å²) >= 11 is 0. The second-order valence-corrected chi connectivity index (χ2v) is 18.4. The van der Waals surface area contributed by atoms with Gasteiger partial charge in [-0.05, 0) is 148 Å². The molecule has 0 atom stereocenters. The van der Waals surface area contributed by atoms with Crippen LogP contribution in [0, 0.1) is 0 Å². The molecule has 310 valence electrons. The minimum atomic E-state index is -0.401. The molecule has 0 radical (unpaired) electrons. The van der Waals surface area contributed by atoms with Crippen LogP contribution < -0.4 is 0 Å². The van der Waals surface area contributed by atoms with Crippen LogP contribution in [0.1, 0.15) is 44.5 Å². The lowest BCUT2D eigenvalue weighted by Gasteiger charge is -2.30. The summed E-state index contributed by atoms with van der Waals surface area (Å²) in [4.78, 5) is 0. The molecule has 2 spiro atoms. The molecule has 4 aliphatic carbocycles. The van der Waals surface area contributed by atoms with Crippen molar-refractivity contribution in [3.63, 3.8) is 0 Å². The lowest BCUT2D eigenvalue weighted by Crippen LogP contribution is -2.25. The Kier molecular flexibility index (Phi) is 7.36. The van der Waals surface area contributed by atoms with Crippen LogP contribution in [0.2, 0.25) is 0 Å². The van der Waals surface area contributed by atoms with Crippen LogP contribution in [0.5, 0.6) is 0 Å². The number of hydrogen-bond acceptors (Lipinski definition) is 3. The third-order valence-corrected chi connectivity index (χ3v) is 15.3. The smallest absolute Gasteiger partial charge is 0.248 e. The lowest BCUT2D eigenvalue weighted by atomic mass is 9.70. The molecule has 0 aliphatic heterocycles. The summed E-state index contributed by atoms with van der Waals surface area (Å²) in [5.74, 6) is 0.975. The maximum Gasteiger partial charge on any atom is 0.248 e. The fourth-order valence-electron chi connectivity index (χ4n) is 12.7. The number of fused-ring (bicyclic) bond motifs is 20. The Balaban J connectivity index is 0.796. The highest BCUT2D eigenvalue weighted by Crippen LogP contribution is 2.64. The predicted octanol–water partition coefficient (Wildman–Crippen LogP) is 15.4. The number of nitrogens with zero attached hydrogens (tertiary/aromatic N) is 2. The van der Waals surface area contributed by atoms with Gasteiger partial charge in [-0.15, -0.1) is 10.2 Å². The van der Waals surface area contributed by atoms with Gasteiger partial charge in [-0.1, -0.05) is 194 Å². The van der Waals surface area contributed by atoms with Crippen molar-refractivity contribution < 1.29 is 4.42 Å². The molecular weight excluding hydrogens is 813 g/mol. The van der Waals surface area contributed by atoms with Crippen LogP contribution in [0.15, 0.2) is 235 Å². The van der Waals surface area contributed by atoms with Crippen molar-refractivity contribution in [1.82, 2.24) is 10.2 Å². The van der Waals surface area contributed by atoms with E-state index in [2.05, 4.69) is 241 Å². The molecule has 67 heavy (non-hydrogen) atoms. The molecule has 11 aromatic rings. The summed E-state index contributed by atoms with van der Waals surface area (Å²) in [5, 5.41) is 9.27. The Morgan fingerprint density at radius 1 is 0.224 bits per heavy atom. The normalized spacial score (nSPS) is 14.2. The molecule has 3 heteroatoms. The molecule has 0 saturated heterocycles. The third kappa shape index (κ3) is 4.75. The summed E-state index contributed by atoms with van der Waals surface area (Å²) in [7, 11) is 0. The Labute approximate surface area is 388 Å². The first-order valence-electron chi connectivity index (χ1n) is 23.1. The minimum absolute atomic E-state index is 0.401. The zero-order chi connectivity index (χ0) is 43.8. The van der Waals surface area contributed by atoms with Crippen LogP contribution >= 0.6 is 0 Å². The van der Waals surface area contributed by atoms with E-state index >= 15 is 0 Å². The van der Waals surface area contributed by atoms with E-state index in [1.54, 1.807) is 0 Å². The van der Waals surface area contributed by atoms with Gasteiger partial charge in [-0.25, -0.2) is 0 Å². The van der Waals surface area contributed by atoms with Gasteiger partial charge < -0.3 is 4.42 Å². The molecule has 0 fully saturated rings. The van der Waals surface area contributed by atoms with Crippen molar-refractivity contribution in [2.75, 3.05) is 0 Å². The van der Waals surface area contributed by atoms with E-state index in [0.29, 0.717) is 11.8 Å². The van der Waals surface area contributed by atoms with Gasteiger partial charge in [0.05, 0.1) is 10.8 Å². The van der Waals surface area contributed by atoms with E-state index in [0.717, 1.165) is 33.4 Å². The van der Waals surface area contributed by atoms with Crippen molar-refractivity contribution in [2.24, 2.45) is 0 Å². The van der Waals surface area contributed by atoms with Crippen LogP contribution in [0.3, 0.4) is 0 Å². The molecule has 0 bridgehead atoms. The Morgan fingerprint density at radius 3 is 0.821 bits per heavy atom. The van der Waals surface area contributed by atoms with Crippen LogP contribution in [-0.2, 0) is 10.8 Å². The van der Waals surface area contributed by atoms with E-state index in [9.17, 15) is 0 Å². The van der Waals surface area contributed by atoms with Crippen molar-refractivity contribution in [1.29, 1.82) is 0 Å². The molecule has 0 unspecified atom stereocenters. The fourth-order valence-corrected chi connectivity index (χ4v) is 12.7. The van der Waals surface area contributed by atoms with Gasteiger partial charge in [0.2, 0.25) is 11.8 Å². The predicted molar refractivity (Wildman–Crippen MR) is 269 cm³/mol. The molecule has 15 rings (SSSR count). The van der Waals surface area contributed by atoms with E-state index in [4.69, 9.17) is 4.42 Å². The van der Waals surface area contributed by atoms with Gasteiger partial charge in [0.25, 0.3) is 0 Å². The van der Waals surface area contributed by atoms with E-state index in [-0.39, 0.29) is 0 Å². The topological polar surface area (TPSA) is 38.9 Å². The molecule has 1 heterocycles. The minimum Gasteiger partial charge on any atom is -0.416 e. The van der Waals surface area contributed by atoms with E-state index < -0.39 is 10.8 Å². The molecular formula is C64H38N2O. The molecule has 0 saturated carbocycles. The largest absolute Gasteiger partial charge is 0.416 e. The molecule has 10 aromatic carbocycles. The number of benzene rings is 10. The molecule has 1 aromatic heterocycles. The number of aromatic nitrogens is 2. The maximum absolute atomic E-state index is 6.56. The highest BCUT2D eigenvalue weighted by molar-refractivity contribution is 5.98. The maximum atomic E-state index is 6.56. The van der Waals surface area contributed by atoms with Gasteiger partial charge in [-0.3, -0.25) is 0 Å². The van der Waals surface area contributed by atoms with Crippen molar-refractivity contribution in [3.8, 4) is 89.7 Å². The SMILES string of the molecule is c1cc(-c2ccc3c(c2)C2(c4ccccc4-c4ccccc42)c2ccccc2-3)cc(-c2nnc(-c3cccc(-c4ccc5c(c4)C4(c6ccccc6-c6ccccc64)c4ccccc4-5)c3)o2)c1. The average molecular weight is 851 g/mol. The average Bonchev–Trinajstić information content (AvgIpc) is 4.21. The number of rotatable bonds is 4. The number of hydrogen-bond donors (Lipinski definition) is 0. The van der Waals surface area contributed by atoms with Gasteiger partial charge in [0.15, 0.2) is 0 Å². The van der Waals surface area contributed by atoms with Gasteiger partial charge in [-0.2, -0.15) is 0 Å². The van der Waals surface area contributed by atoms with Gasteiger partial charge in [0, 0.05) is 11.1 Å².